The van der Waals surface area contributed by atoms with Crippen LogP contribution in [-0.4, -0.2) is 39.7 Å². The molecule has 0 spiro atoms. The van der Waals surface area contributed by atoms with Gasteiger partial charge in [-0.25, -0.2) is 4.68 Å². The molecule has 4 rings (SSSR count). The zero-order valence-corrected chi connectivity index (χ0v) is 19.9. The zero-order chi connectivity index (χ0) is 23.8. The molecule has 3 aromatic heterocycles. The summed E-state index contributed by atoms with van der Waals surface area (Å²) in [6.45, 7) is 5.66. The highest BCUT2D eigenvalue weighted by Crippen LogP contribution is 2.31. The number of anilines is 1. The highest BCUT2D eigenvalue weighted by Gasteiger charge is 2.24. The van der Waals surface area contributed by atoms with Crippen LogP contribution in [0.2, 0.25) is 0 Å². The Morgan fingerprint density at radius 1 is 1.15 bits per heavy atom. The van der Waals surface area contributed by atoms with Gasteiger partial charge in [-0.2, -0.15) is 10.2 Å². The smallest absolute Gasteiger partial charge is 0.293 e. The van der Waals surface area contributed by atoms with E-state index in [1.165, 1.54) is 30.2 Å². The first-order valence-corrected chi connectivity index (χ1v) is 11.2. The molecule has 0 aliphatic carbocycles. The van der Waals surface area contributed by atoms with Gasteiger partial charge >= 0.3 is 0 Å². The number of fused-ring (bicyclic) bond motifs is 1. The summed E-state index contributed by atoms with van der Waals surface area (Å²) in [4.78, 5) is 27.1. The van der Waals surface area contributed by atoms with Gasteiger partial charge in [-0.15, -0.1) is 11.3 Å². The molecule has 3 heterocycles. The molecule has 0 bridgehead atoms. The maximum Gasteiger partial charge on any atom is 0.293 e. The highest BCUT2D eigenvalue weighted by atomic mass is 32.1. The Balaban J connectivity index is 1.74. The van der Waals surface area contributed by atoms with Crippen molar-refractivity contribution in [2.45, 2.75) is 32.9 Å². The van der Waals surface area contributed by atoms with Gasteiger partial charge in [-0.1, -0.05) is 6.07 Å². The topological polar surface area (TPSA) is 100 Å². The summed E-state index contributed by atoms with van der Waals surface area (Å²) >= 11 is 1.51. The second kappa shape index (κ2) is 8.70. The molecule has 4 aromatic rings. The Labute approximate surface area is 194 Å². The van der Waals surface area contributed by atoms with Crippen LogP contribution in [0.25, 0.3) is 21.5 Å². The number of carbonyl (C=O) groups excluding carboxylic acids is 1. The van der Waals surface area contributed by atoms with E-state index in [9.17, 15) is 9.59 Å². The number of aromatic nitrogens is 4. The normalized spacial score (nSPS) is 11.5. The monoisotopic (exact) mass is 467 g/mol. The van der Waals surface area contributed by atoms with Crippen molar-refractivity contribution in [2.24, 2.45) is 0 Å². The molecule has 0 aliphatic rings. The van der Waals surface area contributed by atoms with Gasteiger partial charge < -0.3 is 14.8 Å². The molecule has 1 amide bonds. The fourth-order valence-corrected chi connectivity index (χ4v) is 4.25. The fraction of sp³-hybridized carbons (Fsp3) is 0.304. The van der Waals surface area contributed by atoms with Gasteiger partial charge in [-0.05, 0) is 44.4 Å². The molecule has 0 unspecified atom stereocenters. The molecule has 0 aliphatic heterocycles. The Morgan fingerprint density at radius 3 is 2.55 bits per heavy atom. The van der Waals surface area contributed by atoms with Gasteiger partial charge in [-0.3, -0.25) is 14.3 Å². The van der Waals surface area contributed by atoms with Crippen LogP contribution >= 0.6 is 11.3 Å². The van der Waals surface area contributed by atoms with Crippen LogP contribution in [0.3, 0.4) is 0 Å². The van der Waals surface area contributed by atoms with Gasteiger partial charge in [0.15, 0.2) is 11.5 Å². The molecule has 0 radical (unpaired) electrons. The zero-order valence-electron chi connectivity index (χ0n) is 19.1. The SMILES string of the molecule is COc1ccc(NC(=O)Cn2nc(-c3cccs3)c3cnn(C(C)(C)C)c3c2=O)cc1OC. The molecule has 0 fully saturated rings. The predicted molar refractivity (Wildman–Crippen MR) is 128 cm³/mol. The standard InChI is InChI=1S/C23H25N5O4S/c1-23(2,3)28-21-15(12-24-28)20(18-7-6-10-33-18)26-27(22(21)30)13-19(29)25-14-8-9-16(31-4)17(11-14)32-5/h6-12H,13H2,1-5H3,(H,25,29). The number of thiophene rings is 1. The first-order chi connectivity index (χ1) is 15.7. The number of nitrogens with zero attached hydrogens (tertiary/aromatic N) is 4. The first kappa shape index (κ1) is 22.5. The number of methoxy groups -OCH3 is 2. The van der Waals surface area contributed by atoms with Crippen molar-refractivity contribution in [3.63, 3.8) is 0 Å². The Morgan fingerprint density at radius 2 is 1.91 bits per heavy atom. The molecule has 172 valence electrons. The minimum absolute atomic E-state index is 0.253. The van der Waals surface area contributed by atoms with E-state index >= 15 is 0 Å². The average Bonchev–Trinajstić information content (AvgIpc) is 3.46. The molecule has 0 saturated carbocycles. The molecular weight excluding hydrogens is 442 g/mol. The molecule has 0 atom stereocenters. The third-order valence-corrected chi connectivity index (χ3v) is 5.91. The van der Waals surface area contributed by atoms with Crippen molar-refractivity contribution in [3.8, 4) is 22.1 Å². The van der Waals surface area contributed by atoms with E-state index in [2.05, 4.69) is 15.5 Å². The van der Waals surface area contributed by atoms with Crippen LogP contribution in [-0.2, 0) is 16.9 Å². The summed E-state index contributed by atoms with van der Waals surface area (Å²) < 4.78 is 13.4. The van der Waals surface area contributed by atoms with Crippen molar-refractivity contribution in [3.05, 3.63) is 52.3 Å². The summed E-state index contributed by atoms with van der Waals surface area (Å²) in [6, 6.07) is 8.90. The lowest BCUT2D eigenvalue weighted by Gasteiger charge is -2.20. The van der Waals surface area contributed by atoms with Crippen molar-refractivity contribution >= 4 is 33.8 Å². The second-order valence-corrected chi connectivity index (χ2v) is 9.34. The van der Waals surface area contributed by atoms with Gasteiger partial charge in [0.05, 0.1) is 36.2 Å². The van der Waals surface area contributed by atoms with Crippen molar-refractivity contribution in [1.82, 2.24) is 19.6 Å². The third-order valence-electron chi connectivity index (χ3n) is 5.03. The first-order valence-electron chi connectivity index (χ1n) is 10.3. The summed E-state index contributed by atoms with van der Waals surface area (Å²) in [5.74, 6) is 0.645. The number of benzene rings is 1. The van der Waals surface area contributed by atoms with Crippen molar-refractivity contribution < 1.29 is 14.3 Å². The molecule has 10 heteroatoms. The summed E-state index contributed by atoms with van der Waals surface area (Å²) in [7, 11) is 3.06. The van der Waals surface area contributed by atoms with Gasteiger partial charge in [0, 0.05) is 11.8 Å². The number of rotatable bonds is 6. The van der Waals surface area contributed by atoms with E-state index in [1.807, 2.05) is 38.3 Å². The Bertz CT molecular complexity index is 1370. The number of hydrogen-bond donors (Lipinski definition) is 1. The maximum atomic E-state index is 13.4. The lowest BCUT2D eigenvalue weighted by atomic mass is 10.1. The van der Waals surface area contributed by atoms with E-state index in [4.69, 9.17) is 9.47 Å². The van der Waals surface area contributed by atoms with Crippen LogP contribution in [0, 0.1) is 0 Å². The second-order valence-electron chi connectivity index (χ2n) is 8.40. The molecule has 0 saturated heterocycles. The lowest BCUT2D eigenvalue weighted by molar-refractivity contribution is -0.117. The van der Waals surface area contributed by atoms with Crippen LogP contribution in [0.5, 0.6) is 11.5 Å². The van der Waals surface area contributed by atoms with Crippen LogP contribution in [0.4, 0.5) is 5.69 Å². The number of carbonyl (C=O) groups is 1. The molecule has 9 nitrogen and oxygen atoms in total. The number of ether oxygens (including phenoxy) is 2. The van der Waals surface area contributed by atoms with Crippen LogP contribution in [0.1, 0.15) is 20.8 Å². The van der Waals surface area contributed by atoms with E-state index in [1.54, 1.807) is 29.1 Å². The largest absolute Gasteiger partial charge is 0.493 e. The Kier molecular flexibility index (Phi) is 5.94. The summed E-state index contributed by atoms with van der Waals surface area (Å²) in [5, 5.41) is 14.4. The lowest BCUT2D eigenvalue weighted by Crippen LogP contribution is -2.33. The average molecular weight is 468 g/mol. The van der Waals surface area contributed by atoms with Crippen molar-refractivity contribution in [1.29, 1.82) is 0 Å². The van der Waals surface area contributed by atoms with E-state index in [-0.39, 0.29) is 12.1 Å². The highest BCUT2D eigenvalue weighted by molar-refractivity contribution is 7.13. The Hall–Kier alpha value is -3.66. The van der Waals surface area contributed by atoms with E-state index in [0.717, 1.165) is 4.88 Å². The fourth-order valence-electron chi connectivity index (χ4n) is 3.53. The van der Waals surface area contributed by atoms with Crippen LogP contribution in [0.15, 0.2) is 46.7 Å². The minimum atomic E-state index is -0.422. The molecular formula is C23H25N5O4S. The summed E-state index contributed by atoms with van der Waals surface area (Å²) in [6.07, 6.45) is 1.66. The third kappa shape index (κ3) is 4.34. The quantitative estimate of drug-likeness (QED) is 0.464. The molecule has 1 aromatic carbocycles. The van der Waals surface area contributed by atoms with E-state index < -0.39 is 11.4 Å². The number of hydrogen-bond acceptors (Lipinski definition) is 7. The molecule has 33 heavy (non-hydrogen) atoms. The minimum Gasteiger partial charge on any atom is -0.493 e. The van der Waals surface area contributed by atoms with Crippen LogP contribution < -0.4 is 20.3 Å². The predicted octanol–water partition coefficient (Wildman–Crippen LogP) is 3.73. The maximum absolute atomic E-state index is 13.4. The van der Waals surface area contributed by atoms with Gasteiger partial charge in [0.1, 0.15) is 17.8 Å². The van der Waals surface area contributed by atoms with Gasteiger partial charge in [0.2, 0.25) is 5.91 Å². The van der Waals surface area contributed by atoms with Gasteiger partial charge in [0.25, 0.3) is 5.56 Å². The number of amides is 1. The molecule has 1 N–H and O–H groups in total. The van der Waals surface area contributed by atoms with Crippen molar-refractivity contribution in [2.75, 3.05) is 19.5 Å². The number of nitrogens with one attached hydrogen (secondary N) is 1. The summed E-state index contributed by atoms with van der Waals surface area (Å²) in [5.41, 5.74) is 0.758. The van der Waals surface area contributed by atoms with E-state index in [0.29, 0.717) is 33.8 Å².